The largest absolute Gasteiger partial charge is 0.548 e. The van der Waals surface area contributed by atoms with Crippen LogP contribution >= 0.6 is 0 Å². The van der Waals surface area contributed by atoms with Crippen LogP contribution in [0.15, 0.2) is 72.9 Å². The second kappa shape index (κ2) is 33.5. The van der Waals surface area contributed by atoms with Crippen molar-refractivity contribution < 1.29 is 31.9 Å². The number of hydrogen-bond donors (Lipinski definition) is 4. The molecule has 0 saturated heterocycles. The van der Waals surface area contributed by atoms with Gasteiger partial charge in [-0.05, 0) is 77.0 Å². The number of hydrogen-bond acceptors (Lipinski definition) is 3. The average molecular weight is 575 g/mol. The molecular formula is C34H62N4O3+2. The van der Waals surface area contributed by atoms with Crippen LogP contribution in [0.4, 0.5) is 0 Å². The normalized spacial score (nSPS) is 13.6. The summed E-state index contributed by atoms with van der Waals surface area (Å²) in [4.78, 5) is 22.7. The Labute approximate surface area is 250 Å². The van der Waals surface area contributed by atoms with Crippen molar-refractivity contribution in [2.75, 3.05) is 13.1 Å². The highest BCUT2D eigenvalue weighted by Gasteiger charge is 2.21. The summed E-state index contributed by atoms with van der Waals surface area (Å²) in [6.07, 6.45) is 40.1. The number of carbonyl (C=O) groups is 2. The summed E-state index contributed by atoms with van der Waals surface area (Å²) in [5.74, 6) is -1.55. The molecule has 0 unspecified atom stereocenters. The minimum absolute atomic E-state index is 0.312. The summed E-state index contributed by atoms with van der Waals surface area (Å²) in [5.41, 5.74) is 11.2. The third kappa shape index (κ3) is 31.6. The number of carboxylic acids is 1. The summed E-state index contributed by atoms with van der Waals surface area (Å²) < 4.78 is 0. The van der Waals surface area contributed by atoms with Crippen LogP contribution in [0.2, 0.25) is 0 Å². The molecule has 7 heteroatoms. The third-order valence-corrected chi connectivity index (χ3v) is 6.07. The first-order valence-corrected chi connectivity index (χ1v) is 15.8. The molecule has 0 radical (unpaired) electrons. The Morgan fingerprint density at radius 3 is 1.46 bits per heavy atom. The summed E-state index contributed by atoms with van der Waals surface area (Å²) in [6, 6.07) is -1.34. The zero-order chi connectivity index (χ0) is 30.8. The van der Waals surface area contributed by atoms with Gasteiger partial charge in [0.2, 0.25) is 0 Å². The minimum atomic E-state index is -1.23. The Morgan fingerprint density at radius 2 is 1.07 bits per heavy atom. The maximum absolute atomic E-state index is 11.8. The average Bonchev–Trinajstić information content (AvgIpc) is 2.96. The van der Waals surface area contributed by atoms with Crippen molar-refractivity contribution in [2.45, 2.75) is 116 Å². The molecule has 0 aliphatic heterocycles. The Morgan fingerprint density at radius 1 is 0.659 bits per heavy atom. The molecule has 0 aromatic rings. The van der Waals surface area contributed by atoms with Crippen LogP contribution in [0.25, 0.3) is 0 Å². The molecule has 0 aromatic carbocycles. The highest BCUT2D eigenvalue weighted by molar-refractivity contribution is 5.85. The zero-order valence-corrected chi connectivity index (χ0v) is 26.2. The van der Waals surface area contributed by atoms with Crippen LogP contribution in [0.5, 0.6) is 0 Å². The van der Waals surface area contributed by atoms with E-state index in [9.17, 15) is 14.7 Å². The maximum Gasteiger partial charge on any atom is 0.278 e. The molecule has 1 amide bonds. The first-order chi connectivity index (χ1) is 19.9. The van der Waals surface area contributed by atoms with E-state index in [-0.39, 0.29) is 5.91 Å². The van der Waals surface area contributed by atoms with Gasteiger partial charge in [0.1, 0.15) is 0 Å². The molecule has 0 aliphatic rings. The number of nitrogens with one attached hydrogen (secondary N) is 1. The molecule has 0 aromatic heterocycles. The molecule has 10 N–H and O–H groups in total. The van der Waals surface area contributed by atoms with Gasteiger partial charge in [0.05, 0.1) is 25.1 Å². The van der Waals surface area contributed by atoms with E-state index in [1.54, 1.807) is 0 Å². The number of allylic oxidation sites excluding steroid dienone is 12. The molecule has 0 fully saturated rings. The number of quaternary nitrogens is 3. The van der Waals surface area contributed by atoms with Gasteiger partial charge < -0.3 is 32.4 Å². The molecule has 0 spiro atoms. The molecule has 0 saturated carbocycles. The second-order valence-corrected chi connectivity index (χ2v) is 9.98. The lowest BCUT2D eigenvalue weighted by Crippen LogP contribution is -2.69. The lowest BCUT2D eigenvalue weighted by molar-refractivity contribution is -0.406. The molecule has 0 rings (SSSR count). The van der Waals surface area contributed by atoms with Gasteiger partial charge in [-0.15, -0.1) is 0 Å². The topological polar surface area (TPSA) is 152 Å². The fourth-order valence-corrected chi connectivity index (χ4v) is 3.57. The van der Waals surface area contributed by atoms with Crippen molar-refractivity contribution in [1.29, 1.82) is 0 Å². The van der Waals surface area contributed by atoms with Crippen molar-refractivity contribution >= 4 is 11.9 Å². The molecule has 41 heavy (non-hydrogen) atoms. The van der Waals surface area contributed by atoms with Crippen LogP contribution in [-0.4, -0.2) is 37.0 Å². The number of carboxylic acid groups (broad SMARTS) is 1. The van der Waals surface area contributed by atoms with Crippen molar-refractivity contribution in [2.24, 2.45) is 0 Å². The Kier molecular flexibility index (Phi) is 33.0. The van der Waals surface area contributed by atoms with Gasteiger partial charge in [-0.1, -0.05) is 93.2 Å². The summed E-state index contributed by atoms with van der Waals surface area (Å²) >= 11 is 0. The Bertz CT molecular complexity index is 785. The monoisotopic (exact) mass is 574 g/mol. The minimum Gasteiger partial charge on any atom is -0.548 e. The van der Waals surface area contributed by atoms with Crippen LogP contribution < -0.4 is 27.6 Å². The predicted molar refractivity (Wildman–Crippen MR) is 170 cm³/mol. The smallest absolute Gasteiger partial charge is 0.278 e. The lowest BCUT2D eigenvalue weighted by Gasteiger charge is -2.20. The standard InChI is InChI=1S/C22H34.C12H26N4O3/c1-3-5-7-9-11-13-15-17-19-21-22-20-18-16-14-12-10-8-6-4-2;13-7-3-1-5-9(15)11(17)16-10(12(18)19)6-2-4-8-14/h5,7-8,10-11,13-14,16-17,19-20,22H,3-4,6,9,12,15,18,21H2,1-2H3;9-10H,1-8,13-15H2,(H,16,17)(H,18,19)/p+2/b7-5-,10-8-,13-11-,16-14-,19-17-,22-20-;/t;9-,10-/m.0/s1. The third-order valence-electron chi connectivity index (χ3n) is 6.07. The zero-order valence-electron chi connectivity index (χ0n) is 26.2. The maximum atomic E-state index is 11.8. The number of carbonyl (C=O) groups excluding carboxylic acids is 2. The van der Waals surface area contributed by atoms with Gasteiger partial charge in [-0.2, -0.15) is 0 Å². The molecule has 0 aliphatic carbocycles. The van der Waals surface area contributed by atoms with E-state index in [1.165, 1.54) is 12.8 Å². The second-order valence-electron chi connectivity index (χ2n) is 9.98. The van der Waals surface area contributed by atoms with E-state index >= 15 is 0 Å². The quantitative estimate of drug-likeness (QED) is 0.103. The van der Waals surface area contributed by atoms with Crippen LogP contribution in [0.3, 0.4) is 0 Å². The van der Waals surface area contributed by atoms with Crippen molar-refractivity contribution in [3.8, 4) is 0 Å². The van der Waals surface area contributed by atoms with Crippen LogP contribution in [0.1, 0.15) is 104 Å². The number of aliphatic carboxylic acids is 1. The molecule has 2 atom stereocenters. The van der Waals surface area contributed by atoms with Gasteiger partial charge in [0.25, 0.3) is 5.91 Å². The molecular weight excluding hydrogens is 512 g/mol. The number of unbranched alkanes of at least 4 members (excludes halogenated alkanes) is 3. The fourth-order valence-electron chi connectivity index (χ4n) is 3.57. The van der Waals surface area contributed by atoms with Gasteiger partial charge in [0, 0.05) is 6.42 Å². The van der Waals surface area contributed by atoms with E-state index in [0.29, 0.717) is 19.3 Å². The fraction of sp³-hybridized carbons (Fsp3) is 0.588. The molecule has 0 heterocycles. The van der Waals surface area contributed by atoms with E-state index in [0.717, 1.165) is 70.9 Å². The first-order valence-electron chi connectivity index (χ1n) is 15.8. The summed E-state index contributed by atoms with van der Waals surface area (Å²) in [5, 5.41) is 13.4. The molecule has 234 valence electrons. The van der Waals surface area contributed by atoms with Gasteiger partial charge in [-0.3, -0.25) is 4.79 Å². The van der Waals surface area contributed by atoms with Gasteiger partial charge >= 0.3 is 0 Å². The van der Waals surface area contributed by atoms with E-state index in [1.807, 2.05) is 0 Å². The molecule has 0 bridgehead atoms. The summed E-state index contributed by atoms with van der Waals surface area (Å²) in [7, 11) is 0. The van der Waals surface area contributed by atoms with E-state index < -0.39 is 18.1 Å². The molecule has 7 nitrogen and oxygen atoms in total. The Balaban J connectivity index is 0. The van der Waals surface area contributed by atoms with Gasteiger partial charge in [-0.25, -0.2) is 0 Å². The number of amides is 1. The van der Waals surface area contributed by atoms with E-state index in [4.69, 9.17) is 0 Å². The number of rotatable bonds is 24. The van der Waals surface area contributed by atoms with Gasteiger partial charge in [0.15, 0.2) is 6.04 Å². The van der Waals surface area contributed by atoms with Crippen LogP contribution in [-0.2, 0) is 9.59 Å². The van der Waals surface area contributed by atoms with Crippen molar-refractivity contribution in [3.63, 3.8) is 0 Å². The van der Waals surface area contributed by atoms with Crippen molar-refractivity contribution in [3.05, 3.63) is 72.9 Å². The first kappa shape index (κ1) is 40.4. The van der Waals surface area contributed by atoms with E-state index in [2.05, 4.69) is 109 Å². The van der Waals surface area contributed by atoms with Crippen molar-refractivity contribution in [1.82, 2.24) is 5.32 Å². The highest BCUT2D eigenvalue weighted by Crippen LogP contribution is 2.02. The SMILES string of the molecule is CC/C=C\C/C=C\C/C=C\C/C=C\C/C=C\C/C=C\CCC.[NH3+]CCCC[C@H](NC(=O)[C@@H]([NH3+])CCCC[NH3+])C(=O)[O-]. The highest BCUT2D eigenvalue weighted by atomic mass is 16.4. The summed E-state index contributed by atoms with van der Waals surface area (Å²) in [6.45, 7) is 5.97. The predicted octanol–water partition coefficient (Wildman–Crippen LogP) is 3.14. The Hall–Kier alpha value is -2.74. The van der Waals surface area contributed by atoms with Crippen LogP contribution in [0, 0.1) is 0 Å². The lowest BCUT2D eigenvalue weighted by atomic mass is 10.1.